The van der Waals surface area contributed by atoms with Gasteiger partial charge in [0, 0.05) is 0 Å². The fourth-order valence-corrected chi connectivity index (χ4v) is 3.72. The SMILES string of the molecule is CCCC(C)CC(CN(O)C=O)C(=O)N[C@H](c1nc2ccc(F)cc2[nH]1)C(C)(C)C. The first-order valence-corrected chi connectivity index (χ1v) is 10.4. The zero-order valence-corrected chi connectivity index (χ0v) is 18.4. The number of aromatic nitrogens is 2. The van der Waals surface area contributed by atoms with Gasteiger partial charge in [0.05, 0.1) is 29.5 Å². The van der Waals surface area contributed by atoms with Crippen LogP contribution in [0.2, 0.25) is 0 Å². The van der Waals surface area contributed by atoms with Crippen molar-refractivity contribution >= 4 is 23.4 Å². The molecule has 1 aromatic heterocycles. The normalized spacial score (nSPS) is 14.9. The molecule has 1 heterocycles. The summed E-state index contributed by atoms with van der Waals surface area (Å²) >= 11 is 0. The average molecular weight is 421 g/mol. The van der Waals surface area contributed by atoms with Gasteiger partial charge in [-0.1, -0.05) is 47.5 Å². The summed E-state index contributed by atoms with van der Waals surface area (Å²) in [5.41, 5.74) is 0.792. The van der Waals surface area contributed by atoms with Crippen molar-refractivity contribution in [1.29, 1.82) is 0 Å². The van der Waals surface area contributed by atoms with Crippen molar-refractivity contribution in [2.75, 3.05) is 6.54 Å². The van der Waals surface area contributed by atoms with Crippen molar-refractivity contribution in [3.8, 4) is 0 Å². The highest BCUT2D eigenvalue weighted by atomic mass is 19.1. The second kappa shape index (κ2) is 10.0. The summed E-state index contributed by atoms with van der Waals surface area (Å²) < 4.78 is 13.6. The highest BCUT2D eigenvalue weighted by Gasteiger charge is 2.33. The summed E-state index contributed by atoms with van der Waals surface area (Å²) in [6.45, 7) is 9.99. The van der Waals surface area contributed by atoms with Crippen LogP contribution >= 0.6 is 0 Å². The fraction of sp³-hybridized carbons (Fsp3) is 0.591. The molecule has 30 heavy (non-hydrogen) atoms. The van der Waals surface area contributed by atoms with Crippen LogP contribution in [0, 0.1) is 23.1 Å². The highest BCUT2D eigenvalue weighted by molar-refractivity contribution is 5.80. The molecule has 0 aliphatic rings. The van der Waals surface area contributed by atoms with Gasteiger partial charge in [-0.2, -0.15) is 0 Å². The quantitative estimate of drug-likeness (QED) is 0.305. The first-order valence-electron chi connectivity index (χ1n) is 10.4. The van der Waals surface area contributed by atoms with Gasteiger partial charge < -0.3 is 10.3 Å². The minimum atomic E-state index is -0.562. The van der Waals surface area contributed by atoms with Crippen molar-refractivity contribution in [1.82, 2.24) is 20.3 Å². The lowest BCUT2D eigenvalue weighted by molar-refractivity contribution is -0.155. The fourth-order valence-electron chi connectivity index (χ4n) is 3.72. The van der Waals surface area contributed by atoms with Gasteiger partial charge in [0.15, 0.2) is 0 Å². The van der Waals surface area contributed by atoms with Crippen LogP contribution in [0.25, 0.3) is 11.0 Å². The Balaban J connectivity index is 2.29. The van der Waals surface area contributed by atoms with Gasteiger partial charge in [0.1, 0.15) is 11.6 Å². The first kappa shape index (κ1) is 23.8. The second-order valence-electron chi connectivity index (χ2n) is 9.15. The van der Waals surface area contributed by atoms with Crippen LogP contribution in [0.1, 0.15) is 65.7 Å². The number of halogens is 1. The zero-order chi connectivity index (χ0) is 22.5. The minimum absolute atomic E-state index is 0.0778. The van der Waals surface area contributed by atoms with Crippen molar-refractivity contribution in [3.05, 3.63) is 29.8 Å². The lowest BCUT2D eigenvalue weighted by Gasteiger charge is -2.32. The molecule has 0 aliphatic carbocycles. The molecule has 2 amide bonds. The zero-order valence-electron chi connectivity index (χ0n) is 18.4. The summed E-state index contributed by atoms with van der Waals surface area (Å²) in [6.07, 6.45) is 2.80. The average Bonchev–Trinajstić information content (AvgIpc) is 3.06. The Kier molecular flexibility index (Phi) is 7.95. The molecule has 2 rings (SSSR count). The number of benzene rings is 1. The van der Waals surface area contributed by atoms with Gasteiger partial charge in [-0.25, -0.2) is 14.4 Å². The third kappa shape index (κ3) is 6.26. The van der Waals surface area contributed by atoms with Crippen LogP contribution in [0.15, 0.2) is 18.2 Å². The molecule has 3 atom stereocenters. The molecule has 0 bridgehead atoms. The molecule has 1 aromatic carbocycles. The summed E-state index contributed by atoms with van der Waals surface area (Å²) in [4.78, 5) is 31.7. The third-order valence-corrected chi connectivity index (χ3v) is 5.26. The van der Waals surface area contributed by atoms with Crippen LogP contribution in [-0.4, -0.2) is 39.1 Å². The maximum Gasteiger partial charge on any atom is 0.233 e. The number of amides is 2. The molecular formula is C22H33FN4O3. The Hall–Kier alpha value is -2.48. The molecule has 7 nitrogen and oxygen atoms in total. The smallest absolute Gasteiger partial charge is 0.233 e. The van der Waals surface area contributed by atoms with Gasteiger partial charge in [-0.05, 0) is 36.0 Å². The second-order valence-corrected chi connectivity index (χ2v) is 9.15. The molecule has 8 heteroatoms. The van der Waals surface area contributed by atoms with E-state index in [1.165, 1.54) is 12.1 Å². The van der Waals surface area contributed by atoms with E-state index in [4.69, 9.17) is 0 Å². The van der Waals surface area contributed by atoms with Crippen molar-refractivity contribution in [2.24, 2.45) is 17.3 Å². The van der Waals surface area contributed by atoms with Gasteiger partial charge in [0.25, 0.3) is 0 Å². The number of rotatable bonds is 10. The Labute approximate surface area is 177 Å². The number of H-pyrrole nitrogens is 1. The monoisotopic (exact) mass is 420 g/mol. The molecule has 2 unspecified atom stereocenters. The number of hydrogen-bond donors (Lipinski definition) is 3. The van der Waals surface area contributed by atoms with E-state index in [0.717, 1.165) is 12.8 Å². The molecule has 0 fully saturated rings. The molecule has 2 aromatic rings. The molecule has 0 radical (unpaired) electrons. The third-order valence-electron chi connectivity index (χ3n) is 5.26. The molecule has 0 saturated carbocycles. The Morgan fingerprint density at radius 3 is 2.70 bits per heavy atom. The van der Waals surface area contributed by atoms with E-state index in [2.05, 4.69) is 29.1 Å². The predicted octanol–water partition coefficient (Wildman–Crippen LogP) is 4.20. The van der Waals surface area contributed by atoms with Crippen LogP contribution < -0.4 is 5.32 Å². The summed E-state index contributed by atoms with van der Waals surface area (Å²) in [7, 11) is 0. The lowest BCUT2D eigenvalue weighted by Crippen LogP contribution is -2.43. The van der Waals surface area contributed by atoms with Crippen LogP contribution in [0.5, 0.6) is 0 Å². The Morgan fingerprint density at radius 1 is 1.40 bits per heavy atom. The minimum Gasteiger partial charge on any atom is -0.345 e. The van der Waals surface area contributed by atoms with Gasteiger partial charge >= 0.3 is 0 Å². The van der Waals surface area contributed by atoms with Crippen LogP contribution in [0.4, 0.5) is 4.39 Å². The number of nitrogens with zero attached hydrogens (tertiary/aromatic N) is 2. The van der Waals surface area contributed by atoms with Crippen molar-refractivity contribution in [3.63, 3.8) is 0 Å². The maximum atomic E-state index is 13.6. The number of carbonyl (C=O) groups is 2. The number of hydroxylamine groups is 2. The molecule has 166 valence electrons. The number of carbonyl (C=O) groups excluding carboxylic acids is 2. The summed E-state index contributed by atoms with van der Waals surface area (Å²) in [5, 5.41) is 13.2. The highest BCUT2D eigenvalue weighted by Crippen LogP contribution is 2.33. The van der Waals surface area contributed by atoms with E-state index in [-0.39, 0.29) is 29.6 Å². The van der Waals surface area contributed by atoms with E-state index in [1.807, 2.05) is 20.8 Å². The molecule has 3 N–H and O–H groups in total. The largest absolute Gasteiger partial charge is 0.345 e. The van der Waals surface area contributed by atoms with Crippen LogP contribution in [0.3, 0.4) is 0 Å². The summed E-state index contributed by atoms with van der Waals surface area (Å²) in [6, 6.07) is 3.84. The van der Waals surface area contributed by atoms with Crippen molar-refractivity contribution < 1.29 is 19.2 Å². The Morgan fingerprint density at radius 2 is 2.10 bits per heavy atom. The van der Waals surface area contributed by atoms with Gasteiger partial charge in [0.2, 0.25) is 12.3 Å². The lowest BCUT2D eigenvalue weighted by atomic mass is 9.85. The Bertz CT molecular complexity index is 862. The number of hydrogen-bond acceptors (Lipinski definition) is 4. The van der Waals surface area contributed by atoms with Gasteiger partial charge in [-0.3, -0.25) is 14.8 Å². The molecule has 0 saturated heterocycles. The standard InChI is InChI=1S/C22H33FN4O3/c1-6-7-14(2)10-15(12-27(30)13-28)21(29)26-19(22(3,4)5)20-24-17-9-8-16(23)11-18(17)25-20/h8-9,11,13-15,19,30H,6-7,10,12H2,1-5H3,(H,24,25)(H,26,29)/t14?,15?,19-/m1/s1. The molecule has 0 spiro atoms. The number of nitrogens with one attached hydrogen (secondary N) is 2. The predicted molar refractivity (Wildman–Crippen MR) is 113 cm³/mol. The number of fused-ring (bicyclic) bond motifs is 1. The topological polar surface area (TPSA) is 98.3 Å². The first-order chi connectivity index (χ1) is 14.0. The van der Waals surface area contributed by atoms with E-state index >= 15 is 0 Å². The maximum absolute atomic E-state index is 13.6. The van der Waals surface area contributed by atoms with E-state index in [0.29, 0.717) is 34.8 Å². The molecular weight excluding hydrogens is 387 g/mol. The summed E-state index contributed by atoms with van der Waals surface area (Å²) in [5.74, 6) is -0.379. The molecule has 0 aliphatic heterocycles. The van der Waals surface area contributed by atoms with Crippen molar-refractivity contribution in [2.45, 2.75) is 59.9 Å². The van der Waals surface area contributed by atoms with E-state index < -0.39 is 12.0 Å². The van der Waals surface area contributed by atoms with Crippen LogP contribution in [-0.2, 0) is 9.59 Å². The number of imidazole rings is 1. The van der Waals surface area contributed by atoms with E-state index in [9.17, 15) is 19.2 Å². The van der Waals surface area contributed by atoms with E-state index in [1.54, 1.807) is 6.07 Å². The number of aromatic amines is 1. The van der Waals surface area contributed by atoms with Gasteiger partial charge in [-0.15, -0.1) is 0 Å².